The fourth-order valence-corrected chi connectivity index (χ4v) is 3.16. The third-order valence-electron chi connectivity index (χ3n) is 4.81. The smallest absolute Gasteiger partial charge is 0.419 e. The van der Waals surface area contributed by atoms with Gasteiger partial charge >= 0.3 is 6.18 Å². The van der Waals surface area contributed by atoms with E-state index in [0.29, 0.717) is 19.0 Å². The molecule has 0 spiro atoms. The number of aromatic nitrogens is 2. The Bertz CT molecular complexity index is 717. The van der Waals surface area contributed by atoms with Gasteiger partial charge in [0.05, 0.1) is 17.8 Å². The lowest BCUT2D eigenvalue weighted by Crippen LogP contribution is -2.35. The molecule has 142 valence electrons. The number of pyridine rings is 1. The average Bonchev–Trinajstić information content (AvgIpc) is 2.91. The molecule has 0 aliphatic carbocycles. The van der Waals surface area contributed by atoms with E-state index in [1.54, 1.807) is 0 Å². The molecule has 1 aliphatic rings. The number of anilines is 1. The molecule has 0 bridgehead atoms. The highest BCUT2D eigenvalue weighted by Gasteiger charge is 2.34. The van der Waals surface area contributed by atoms with Crippen molar-refractivity contribution in [2.24, 2.45) is 5.92 Å². The maximum absolute atomic E-state index is 13.0. The Balaban J connectivity index is 1.49. The van der Waals surface area contributed by atoms with Crippen molar-refractivity contribution in [1.29, 1.82) is 0 Å². The van der Waals surface area contributed by atoms with Crippen LogP contribution in [0.5, 0.6) is 0 Å². The third-order valence-corrected chi connectivity index (χ3v) is 4.81. The molecule has 2 aromatic rings. The van der Waals surface area contributed by atoms with E-state index in [0.717, 1.165) is 49.3 Å². The summed E-state index contributed by atoms with van der Waals surface area (Å²) in [6.07, 6.45) is -1.19. The molecule has 0 atom stereocenters. The maximum Gasteiger partial charge on any atom is 0.419 e. The van der Waals surface area contributed by atoms with Gasteiger partial charge in [0.2, 0.25) is 5.89 Å². The van der Waals surface area contributed by atoms with Gasteiger partial charge in [0.1, 0.15) is 11.6 Å². The molecule has 1 N–H and O–H groups in total. The van der Waals surface area contributed by atoms with E-state index in [2.05, 4.69) is 20.2 Å². The fraction of sp³-hybridized carbons (Fsp3) is 0.556. The average molecular weight is 368 g/mol. The van der Waals surface area contributed by atoms with E-state index in [-0.39, 0.29) is 5.82 Å². The highest BCUT2D eigenvalue weighted by atomic mass is 19.4. The predicted molar refractivity (Wildman–Crippen MR) is 91.7 cm³/mol. The van der Waals surface area contributed by atoms with E-state index in [1.165, 1.54) is 12.3 Å². The van der Waals surface area contributed by atoms with Crippen LogP contribution in [-0.4, -0.2) is 34.5 Å². The topological polar surface area (TPSA) is 54.2 Å². The summed E-state index contributed by atoms with van der Waals surface area (Å²) in [5, 5.41) is 2.88. The molecule has 2 aromatic heterocycles. The first-order chi connectivity index (χ1) is 12.3. The van der Waals surface area contributed by atoms with Gasteiger partial charge in [0.15, 0.2) is 0 Å². The molecule has 0 aromatic carbocycles. The van der Waals surface area contributed by atoms with E-state index < -0.39 is 11.7 Å². The molecule has 26 heavy (non-hydrogen) atoms. The summed E-state index contributed by atoms with van der Waals surface area (Å²) >= 11 is 0. The van der Waals surface area contributed by atoms with Crippen LogP contribution >= 0.6 is 0 Å². The van der Waals surface area contributed by atoms with Crippen LogP contribution in [0.3, 0.4) is 0 Å². The van der Waals surface area contributed by atoms with Crippen molar-refractivity contribution in [3.8, 4) is 0 Å². The summed E-state index contributed by atoms with van der Waals surface area (Å²) in [7, 11) is 0. The second kappa shape index (κ2) is 7.65. The summed E-state index contributed by atoms with van der Waals surface area (Å²) in [6, 6.07) is 2.36. The number of halogens is 3. The quantitative estimate of drug-likeness (QED) is 0.864. The van der Waals surface area contributed by atoms with Crippen molar-refractivity contribution < 1.29 is 17.6 Å². The van der Waals surface area contributed by atoms with E-state index >= 15 is 0 Å². The number of oxazole rings is 1. The maximum atomic E-state index is 13.0. The molecule has 0 amide bonds. The normalized spacial score (nSPS) is 16.8. The number of hydrogen-bond donors (Lipinski definition) is 1. The summed E-state index contributed by atoms with van der Waals surface area (Å²) < 4.78 is 44.6. The highest BCUT2D eigenvalue weighted by Crippen LogP contribution is 2.33. The number of aryl methyl sites for hydroxylation is 2. The Labute approximate surface area is 150 Å². The molecule has 1 fully saturated rings. The molecule has 1 aliphatic heterocycles. The molecular formula is C18H23F3N4O. The van der Waals surface area contributed by atoms with Gasteiger partial charge < -0.3 is 9.73 Å². The third kappa shape index (κ3) is 4.55. The van der Waals surface area contributed by atoms with Crippen LogP contribution in [0, 0.1) is 19.8 Å². The summed E-state index contributed by atoms with van der Waals surface area (Å²) in [6.45, 7) is 6.74. The largest absolute Gasteiger partial charge is 0.444 e. The van der Waals surface area contributed by atoms with Crippen molar-refractivity contribution in [2.75, 3.05) is 25.0 Å². The molecule has 8 heteroatoms. The van der Waals surface area contributed by atoms with E-state index in [4.69, 9.17) is 4.42 Å². The summed E-state index contributed by atoms with van der Waals surface area (Å²) in [5.41, 5.74) is 0.196. The predicted octanol–water partition coefficient (Wildman–Crippen LogP) is 4.03. The summed E-state index contributed by atoms with van der Waals surface area (Å²) in [5.74, 6) is 1.80. The number of nitrogens with one attached hydrogen (secondary N) is 1. The van der Waals surface area contributed by atoms with Gasteiger partial charge in [0, 0.05) is 12.7 Å². The van der Waals surface area contributed by atoms with Gasteiger partial charge in [-0.2, -0.15) is 13.2 Å². The fourth-order valence-electron chi connectivity index (χ4n) is 3.16. The van der Waals surface area contributed by atoms with Crippen LogP contribution in [0.15, 0.2) is 22.7 Å². The second-order valence-corrected chi connectivity index (χ2v) is 6.75. The lowest BCUT2D eigenvalue weighted by atomic mass is 9.96. The van der Waals surface area contributed by atoms with Gasteiger partial charge in [-0.1, -0.05) is 0 Å². The zero-order valence-corrected chi connectivity index (χ0v) is 14.9. The monoisotopic (exact) mass is 368 g/mol. The highest BCUT2D eigenvalue weighted by molar-refractivity contribution is 5.45. The van der Waals surface area contributed by atoms with Crippen LogP contribution < -0.4 is 5.32 Å². The number of piperidine rings is 1. The number of alkyl halides is 3. The molecule has 0 saturated carbocycles. The zero-order valence-electron chi connectivity index (χ0n) is 14.9. The summed E-state index contributed by atoms with van der Waals surface area (Å²) in [4.78, 5) is 10.5. The Hall–Kier alpha value is -2.09. The second-order valence-electron chi connectivity index (χ2n) is 6.75. The van der Waals surface area contributed by atoms with E-state index in [1.807, 2.05) is 13.8 Å². The van der Waals surface area contributed by atoms with Crippen LogP contribution in [0.25, 0.3) is 0 Å². The first kappa shape index (κ1) is 18.7. The molecule has 0 unspecified atom stereocenters. The number of nitrogens with zero attached hydrogens (tertiary/aromatic N) is 3. The van der Waals surface area contributed by atoms with Crippen molar-refractivity contribution in [1.82, 2.24) is 14.9 Å². The van der Waals surface area contributed by atoms with Crippen LogP contribution in [0.1, 0.15) is 35.7 Å². The molecule has 1 saturated heterocycles. The van der Waals surface area contributed by atoms with Crippen molar-refractivity contribution in [3.05, 3.63) is 41.2 Å². The van der Waals surface area contributed by atoms with Crippen molar-refractivity contribution in [3.63, 3.8) is 0 Å². The van der Waals surface area contributed by atoms with Crippen LogP contribution in [0.2, 0.25) is 0 Å². The van der Waals surface area contributed by atoms with Gasteiger partial charge in [-0.25, -0.2) is 9.97 Å². The van der Waals surface area contributed by atoms with E-state index in [9.17, 15) is 13.2 Å². The minimum absolute atomic E-state index is 0.0897. The minimum Gasteiger partial charge on any atom is -0.444 e. The number of rotatable bonds is 5. The SMILES string of the molecule is Cc1nc(CN2CCC(CNc3ncccc3C(F)(F)F)CC2)oc1C. The van der Waals surface area contributed by atoms with Gasteiger partial charge in [0.25, 0.3) is 0 Å². The number of hydrogen-bond acceptors (Lipinski definition) is 5. The van der Waals surface area contributed by atoms with Gasteiger partial charge in [-0.05, 0) is 57.8 Å². The lowest BCUT2D eigenvalue weighted by molar-refractivity contribution is -0.137. The molecule has 3 rings (SSSR count). The Morgan fingerprint density at radius 1 is 1.27 bits per heavy atom. The Kier molecular flexibility index (Phi) is 5.50. The zero-order chi connectivity index (χ0) is 18.7. The molecule has 3 heterocycles. The molecule has 5 nitrogen and oxygen atoms in total. The number of likely N-dealkylation sites (tertiary alicyclic amines) is 1. The van der Waals surface area contributed by atoms with Crippen molar-refractivity contribution in [2.45, 2.75) is 39.4 Å². The minimum atomic E-state index is -4.40. The standard InChI is InChI=1S/C18H23F3N4O/c1-12-13(2)26-16(24-12)11-25-8-5-14(6-9-25)10-23-17-15(18(19,20)21)4-3-7-22-17/h3-4,7,14H,5-6,8-11H2,1-2H3,(H,22,23). The molecular weight excluding hydrogens is 345 g/mol. The first-order valence-electron chi connectivity index (χ1n) is 8.74. The van der Waals surface area contributed by atoms with Gasteiger partial charge in [-0.3, -0.25) is 4.90 Å². The lowest BCUT2D eigenvalue weighted by Gasteiger charge is -2.31. The van der Waals surface area contributed by atoms with Crippen molar-refractivity contribution >= 4 is 5.82 Å². The Morgan fingerprint density at radius 2 is 2.00 bits per heavy atom. The van der Waals surface area contributed by atoms with Gasteiger partial charge in [-0.15, -0.1) is 0 Å². The Morgan fingerprint density at radius 3 is 2.62 bits per heavy atom. The van der Waals surface area contributed by atoms with Crippen LogP contribution in [0.4, 0.5) is 19.0 Å². The first-order valence-corrected chi connectivity index (χ1v) is 8.74. The molecule has 0 radical (unpaired) electrons. The van der Waals surface area contributed by atoms with Crippen LogP contribution in [-0.2, 0) is 12.7 Å².